The summed E-state index contributed by atoms with van der Waals surface area (Å²) in [5, 5.41) is 1.87. The lowest BCUT2D eigenvalue weighted by Gasteiger charge is -2.21. The smallest absolute Gasteiger partial charge is 0.318 e. The standard InChI is InChI=1S/C12H20N2O4/c1-8(11(16)14-12(13)17)18-10(15)7-9-5-3-2-4-6-9/h8-9H,2-7H2,1H3,(H3,13,14,16,17). The molecule has 0 bridgehead atoms. The van der Waals surface area contributed by atoms with Crippen LogP contribution < -0.4 is 11.1 Å². The number of carbonyl (C=O) groups is 3. The van der Waals surface area contributed by atoms with E-state index >= 15 is 0 Å². The molecule has 0 saturated heterocycles. The van der Waals surface area contributed by atoms with E-state index in [0.717, 1.165) is 25.7 Å². The van der Waals surface area contributed by atoms with E-state index in [-0.39, 0.29) is 0 Å². The van der Waals surface area contributed by atoms with Gasteiger partial charge in [-0.15, -0.1) is 0 Å². The second kappa shape index (κ2) is 6.98. The highest BCUT2D eigenvalue weighted by atomic mass is 16.5. The summed E-state index contributed by atoms with van der Waals surface area (Å²) in [6.07, 6.45) is 4.95. The summed E-state index contributed by atoms with van der Waals surface area (Å²) in [6.45, 7) is 1.41. The van der Waals surface area contributed by atoms with Crippen molar-refractivity contribution in [3.63, 3.8) is 0 Å². The van der Waals surface area contributed by atoms with Gasteiger partial charge in [-0.05, 0) is 25.7 Å². The fourth-order valence-electron chi connectivity index (χ4n) is 2.15. The van der Waals surface area contributed by atoms with Gasteiger partial charge < -0.3 is 10.5 Å². The summed E-state index contributed by atoms with van der Waals surface area (Å²) in [7, 11) is 0. The third-order valence-electron chi connectivity index (χ3n) is 3.10. The molecule has 1 fully saturated rings. The number of rotatable bonds is 4. The Labute approximate surface area is 106 Å². The van der Waals surface area contributed by atoms with E-state index in [1.54, 1.807) is 0 Å². The summed E-state index contributed by atoms with van der Waals surface area (Å²) in [5.41, 5.74) is 4.80. The van der Waals surface area contributed by atoms with Gasteiger partial charge >= 0.3 is 12.0 Å². The van der Waals surface area contributed by atoms with Crippen molar-refractivity contribution >= 4 is 17.9 Å². The lowest BCUT2D eigenvalue weighted by Crippen LogP contribution is -2.42. The average molecular weight is 256 g/mol. The van der Waals surface area contributed by atoms with Crippen molar-refractivity contribution in [2.24, 2.45) is 11.7 Å². The van der Waals surface area contributed by atoms with E-state index in [1.165, 1.54) is 13.3 Å². The number of amides is 3. The minimum atomic E-state index is -0.992. The fourth-order valence-corrected chi connectivity index (χ4v) is 2.15. The molecule has 3 amide bonds. The van der Waals surface area contributed by atoms with E-state index < -0.39 is 24.0 Å². The lowest BCUT2D eigenvalue weighted by atomic mass is 9.87. The van der Waals surface area contributed by atoms with Gasteiger partial charge in [0.1, 0.15) is 0 Å². The molecule has 0 radical (unpaired) electrons. The van der Waals surface area contributed by atoms with Gasteiger partial charge in [0, 0.05) is 6.42 Å². The third-order valence-corrected chi connectivity index (χ3v) is 3.10. The van der Waals surface area contributed by atoms with Crippen LogP contribution in [0.1, 0.15) is 45.4 Å². The third kappa shape index (κ3) is 5.16. The van der Waals surface area contributed by atoms with Crippen LogP contribution in [0.5, 0.6) is 0 Å². The predicted molar refractivity (Wildman–Crippen MR) is 64.5 cm³/mol. The molecule has 1 aliphatic carbocycles. The first kappa shape index (κ1) is 14.5. The average Bonchev–Trinajstić information content (AvgIpc) is 2.29. The van der Waals surface area contributed by atoms with Crippen LogP contribution >= 0.6 is 0 Å². The molecule has 0 spiro atoms. The maximum Gasteiger partial charge on any atom is 0.318 e. The fraction of sp³-hybridized carbons (Fsp3) is 0.750. The molecule has 1 rings (SSSR count). The highest BCUT2D eigenvalue weighted by Gasteiger charge is 2.22. The minimum absolute atomic E-state index is 0.341. The normalized spacial score (nSPS) is 17.8. The van der Waals surface area contributed by atoms with Crippen LogP contribution in [-0.2, 0) is 14.3 Å². The van der Waals surface area contributed by atoms with Crippen molar-refractivity contribution in [2.75, 3.05) is 0 Å². The number of nitrogens with two attached hydrogens (primary N) is 1. The number of hydrogen-bond acceptors (Lipinski definition) is 4. The molecule has 0 aromatic carbocycles. The number of nitrogens with one attached hydrogen (secondary N) is 1. The van der Waals surface area contributed by atoms with Crippen LogP contribution in [0.3, 0.4) is 0 Å². The minimum Gasteiger partial charge on any atom is -0.453 e. The maximum atomic E-state index is 11.6. The Hall–Kier alpha value is -1.59. The van der Waals surface area contributed by atoms with Crippen LogP contribution in [0.4, 0.5) is 4.79 Å². The van der Waals surface area contributed by atoms with Crippen molar-refractivity contribution in [1.29, 1.82) is 0 Å². The van der Waals surface area contributed by atoms with E-state index in [4.69, 9.17) is 10.5 Å². The number of urea groups is 1. The molecule has 0 aromatic heterocycles. The molecule has 0 heterocycles. The molecule has 1 aliphatic rings. The Morgan fingerprint density at radius 3 is 2.44 bits per heavy atom. The van der Waals surface area contributed by atoms with Crippen LogP contribution in [0, 0.1) is 5.92 Å². The number of imide groups is 1. The molecule has 102 valence electrons. The zero-order chi connectivity index (χ0) is 13.5. The number of ether oxygens (including phenoxy) is 1. The summed E-state index contributed by atoms with van der Waals surface area (Å²) < 4.78 is 4.96. The molecule has 18 heavy (non-hydrogen) atoms. The first-order valence-corrected chi connectivity index (χ1v) is 6.29. The molecule has 1 atom stereocenters. The van der Waals surface area contributed by atoms with E-state index in [1.807, 2.05) is 5.32 Å². The van der Waals surface area contributed by atoms with Gasteiger partial charge in [-0.25, -0.2) is 4.79 Å². The van der Waals surface area contributed by atoms with Crippen molar-refractivity contribution in [3.8, 4) is 0 Å². The van der Waals surface area contributed by atoms with E-state index in [2.05, 4.69) is 0 Å². The Kier molecular flexibility index (Phi) is 5.61. The predicted octanol–water partition coefficient (Wildman–Crippen LogP) is 1.08. The Morgan fingerprint density at radius 1 is 1.28 bits per heavy atom. The lowest BCUT2D eigenvalue weighted by molar-refractivity contribution is -0.155. The molecule has 1 unspecified atom stereocenters. The summed E-state index contributed by atoms with van der Waals surface area (Å²) in [6, 6.07) is -0.949. The zero-order valence-electron chi connectivity index (χ0n) is 10.6. The molecular weight excluding hydrogens is 236 g/mol. The van der Waals surface area contributed by atoms with Crippen molar-refractivity contribution in [3.05, 3.63) is 0 Å². The van der Waals surface area contributed by atoms with Crippen LogP contribution in [-0.4, -0.2) is 24.0 Å². The summed E-state index contributed by atoms with van der Waals surface area (Å²) in [5.74, 6) is -0.730. The molecule has 6 nitrogen and oxygen atoms in total. The highest BCUT2D eigenvalue weighted by molar-refractivity contribution is 5.96. The summed E-state index contributed by atoms with van der Waals surface area (Å²) in [4.78, 5) is 33.4. The number of primary amides is 1. The van der Waals surface area contributed by atoms with Crippen LogP contribution in [0.15, 0.2) is 0 Å². The maximum absolute atomic E-state index is 11.6. The van der Waals surface area contributed by atoms with Crippen LogP contribution in [0.25, 0.3) is 0 Å². The zero-order valence-corrected chi connectivity index (χ0v) is 10.6. The first-order chi connectivity index (χ1) is 8.49. The van der Waals surface area contributed by atoms with Crippen molar-refractivity contribution in [1.82, 2.24) is 5.32 Å². The Morgan fingerprint density at radius 2 is 1.89 bits per heavy atom. The molecule has 3 N–H and O–H groups in total. The molecule has 0 aromatic rings. The Bertz CT molecular complexity index is 324. The van der Waals surface area contributed by atoms with Gasteiger partial charge in [0.15, 0.2) is 6.10 Å². The molecule has 6 heteroatoms. The van der Waals surface area contributed by atoms with Crippen molar-refractivity contribution in [2.45, 2.75) is 51.6 Å². The number of esters is 1. The highest BCUT2D eigenvalue weighted by Crippen LogP contribution is 2.26. The molecular formula is C12H20N2O4. The Balaban J connectivity index is 2.29. The quantitative estimate of drug-likeness (QED) is 0.735. The molecule has 0 aliphatic heterocycles. The topological polar surface area (TPSA) is 98.5 Å². The van der Waals surface area contributed by atoms with Gasteiger partial charge in [-0.1, -0.05) is 19.3 Å². The van der Waals surface area contributed by atoms with Gasteiger partial charge in [0.2, 0.25) is 0 Å². The van der Waals surface area contributed by atoms with Gasteiger partial charge in [-0.2, -0.15) is 0 Å². The second-order valence-electron chi connectivity index (χ2n) is 4.69. The number of hydrogen-bond donors (Lipinski definition) is 2. The van der Waals surface area contributed by atoms with E-state index in [0.29, 0.717) is 12.3 Å². The summed E-state index contributed by atoms with van der Waals surface area (Å²) >= 11 is 0. The second-order valence-corrected chi connectivity index (χ2v) is 4.69. The van der Waals surface area contributed by atoms with Gasteiger partial charge in [0.25, 0.3) is 5.91 Å². The monoisotopic (exact) mass is 256 g/mol. The number of carbonyl (C=O) groups excluding carboxylic acids is 3. The van der Waals surface area contributed by atoms with Gasteiger partial charge in [0.05, 0.1) is 0 Å². The largest absolute Gasteiger partial charge is 0.453 e. The molecule has 1 saturated carbocycles. The van der Waals surface area contributed by atoms with E-state index in [9.17, 15) is 14.4 Å². The van der Waals surface area contributed by atoms with Crippen LogP contribution in [0.2, 0.25) is 0 Å². The van der Waals surface area contributed by atoms with Crippen molar-refractivity contribution < 1.29 is 19.1 Å². The van der Waals surface area contributed by atoms with Gasteiger partial charge in [-0.3, -0.25) is 14.9 Å². The first-order valence-electron chi connectivity index (χ1n) is 6.29. The SMILES string of the molecule is CC(OC(=O)CC1CCCCC1)C(=O)NC(N)=O.